The molecule has 0 aliphatic carbocycles. The second kappa shape index (κ2) is 13.5. The molecule has 206 valence electrons. The molecule has 0 unspecified atom stereocenters. The van der Waals surface area contributed by atoms with E-state index < -0.39 is 0 Å². The van der Waals surface area contributed by atoms with Crippen LogP contribution in [0.1, 0.15) is 10.4 Å². The summed E-state index contributed by atoms with van der Waals surface area (Å²) in [5.74, 6) is 1.76. The number of methoxy groups -OCH3 is 1. The first-order chi connectivity index (χ1) is 20.1. The Labute approximate surface area is 244 Å². The van der Waals surface area contributed by atoms with E-state index in [1.165, 1.54) is 23.1 Å². The molecule has 5 rings (SSSR count). The lowest BCUT2D eigenvalue weighted by Crippen LogP contribution is -2.15. The van der Waals surface area contributed by atoms with E-state index in [0.29, 0.717) is 32.2 Å². The standard InChI is InChI=1S/C30H25N5O4S2/c1-38-26-10-6-5-9-25(26)33-28(37)20-11-13-21(14-12-20)31-27(36)19-40-30-35-34-29(41-30)32-22-15-17-24(18-16-22)39-23-7-3-2-4-8-23/h2-18H,19H2,1H3,(H,31,36)(H,32,34)(H,33,37). The second-order valence-corrected chi connectivity index (χ2v) is 10.7. The van der Waals surface area contributed by atoms with Crippen molar-refractivity contribution >= 4 is 57.1 Å². The summed E-state index contributed by atoms with van der Waals surface area (Å²) in [6, 6.07) is 31.0. The van der Waals surface area contributed by atoms with Gasteiger partial charge in [-0.1, -0.05) is 53.4 Å². The molecule has 0 aliphatic heterocycles. The molecule has 1 heterocycles. The van der Waals surface area contributed by atoms with Crippen molar-refractivity contribution in [2.75, 3.05) is 28.8 Å². The van der Waals surface area contributed by atoms with Gasteiger partial charge in [0.1, 0.15) is 17.2 Å². The zero-order valence-corrected chi connectivity index (χ0v) is 23.5. The first-order valence-corrected chi connectivity index (χ1v) is 14.3. The molecule has 1 aromatic heterocycles. The number of nitrogens with zero attached hydrogens (tertiary/aromatic N) is 2. The minimum atomic E-state index is -0.278. The monoisotopic (exact) mass is 583 g/mol. The first kappa shape index (κ1) is 27.7. The third-order valence-corrected chi connectivity index (χ3v) is 7.58. The lowest BCUT2D eigenvalue weighted by Gasteiger charge is -2.10. The Morgan fingerprint density at radius 3 is 2.22 bits per heavy atom. The molecule has 0 saturated heterocycles. The topological polar surface area (TPSA) is 114 Å². The minimum absolute atomic E-state index is 0.163. The number of thioether (sulfide) groups is 1. The van der Waals surface area contributed by atoms with Crippen LogP contribution in [0.2, 0.25) is 0 Å². The lowest BCUT2D eigenvalue weighted by atomic mass is 10.2. The van der Waals surface area contributed by atoms with Crippen LogP contribution in [0.5, 0.6) is 17.2 Å². The van der Waals surface area contributed by atoms with Crippen molar-refractivity contribution in [2.24, 2.45) is 0 Å². The highest BCUT2D eigenvalue weighted by Crippen LogP contribution is 2.29. The van der Waals surface area contributed by atoms with Crippen molar-refractivity contribution in [1.29, 1.82) is 0 Å². The molecule has 3 N–H and O–H groups in total. The van der Waals surface area contributed by atoms with Gasteiger partial charge in [0, 0.05) is 16.9 Å². The average molecular weight is 584 g/mol. The number of anilines is 4. The van der Waals surface area contributed by atoms with Gasteiger partial charge >= 0.3 is 0 Å². The summed E-state index contributed by atoms with van der Waals surface area (Å²) in [4.78, 5) is 25.1. The zero-order chi connectivity index (χ0) is 28.4. The number of carbonyl (C=O) groups excluding carboxylic acids is 2. The van der Waals surface area contributed by atoms with Gasteiger partial charge in [-0.05, 0) is 72.8 Å². The maximum atomic E-state index is 12.6. The molecule has 0 spiro atoms. The van der Waals surface area contributed by atoms with Crippen LogP contribution in [0, 0.1) is 0 Å². The molecule has 4 aromatic carbocycles. The fourth-order valence-corrected chi connectivity index (χ4v) is 5.22. The van der Waals surface area contributed by atoms with E-state index in [0.717, 1.165) is 17.2 Å². The van der Waals surface area contributed by atoms with Crippen LogP contribution in [-0.2, 0) is 4.79 Å². The molecule has 11 heteroatoms. The molecule has 0 aliphatic rings. The number of ether oxygens (including phenoxy) is 2. The molecule has 0 atom stereocenters. The maximum absolute atomic E-state index is 12.6. The number of aromatic nitrogens is 2. The fourth-order valence-electron chi connectivity index (χ4n) is 3.64. The summed E-state index contributed by atoms with van der Waals surface area (Å²) >= 11 is 2.65. The largest absolute Gasteiger partial charge is 0.495 e. The van der Waals surface area contributed by atoms with Crippen LogP contribution in [0.15, 0.2) is 107 Å². The van der Waals surface area contributed by atoms with Crippen molar-refractivity contribution in [2.45, 2.75) is 4.34 Å². The number of hydrogen-bond acceptors (Lipinski definition) is 9. The predicted octanol–water partition coefficient (Wildman–Crippen LogP) is 7.07. The second-order valence-electron chi connectivity index (χ2n) is 8.51. The summed E-state index contributed by atoms with van der Waals surface area (Å²) in [5, 5.41) is 17.8. The number of benzene rings is 4. The van der Waals surface area contributed by atoms with Crippen LogP contribution in [0.3, 0.4) is 0 Å². The van der Waals surface area contributed by atoms with E-state index in [4.69, 9.17) is 9.47 Å². The first-order valence-electron chi connectivity index (χ1n) is 12.5. The number of amides is 2. The van der Waals surface area contributed by atoms with Crippen molar-refractivity contribution in [3.63, 3.8) is 0 Å². The summed E-state index contributed by atoms with van der Waals surface area (Å²) in [5.41, 5.74) is 2.46. The molecule has 0 saturated carbocycles. The molecule has 9 nitrogen and oxygen atoms in total. The Morgan fingerprint density at radius 2 is 1.46 bits per heavy atom. The number of hydrogen-bond donors (Lipinski definition) is 3. The van der Waals surface area contributed by atoms with Crippen molar-refractivity contribution in [3.8, 4) is 17.2 Å². The van der Waals surface area contributed by atoms with Gasteiger partial charge in [0.25, 0.3) is 5.91 Å². The van der Waals surface area contributed by atoms with Crippen LogP contribution in [-0.4, -0.2) is 34.9 Å². The summed E-state index contributed by atoms with van der Waals surface area (Å²) < 4.78 is 11.7. The maximum Gasteiger partial charge on any atom is 0.255 e. The number of nitrogens with one attached hydrogen (secondary N) is 3. The van der Waals surface area contributed by atoms with Crippen molar-refractivity contribution < 1.29 is 19.1 Å². The van der Waals surface area contributed by atoms with E-state index in [2.05, 4.69) is 26.1 Å². The van der Waals surface area contributed by atoms with Crippen molar-refractivity contribution in [3.05, 3.63) is 109 Å². The number of para-hydroxylation sites is 3. The molecule has 2 amide bonds. The smallest absolute Gasteiger partial charge is 0.255 e. The SMILES string of the molecule is COc1ccccc1NC(=O)c1ccc(NC(=O)CSc2nnc(Nc3ccc(Oc4ccccc4)cc3)s2)cc1. The van der Waals surface area contributed by atoms with E-state index in [1.807, 2.05) is 66.7 Å². The van der Waals surface area contributed by atoms with E-state index >= 15 is 0 Å². The van der Waals surface area contributed by atoms with E-state index in [1.54, 1.807) is 43.5 Å². The van der Waals surface area contributed by atoms with Gasteiger partial charge in [-0.15, -0.1) is 10.2 Å². The van der Waals surface area contributed by atoms with Gasteiger partial charge < -0.3 is 25.4 Å². The Morgan fingerprint density at radius 1 is 0.780 bits per heavy atom. The van der Waals surface area contributed by atoms with Crippen LogP contribution in [0.25, 0.3) is 0 Å². The lowest BCUT2D eigenvalue weighted by molar-refractivity contribution is -0.113. The third kappa shape index (κ3) is 7.84. The normalized spacial score (nSPS) is 10.5. The molecular formula is C30H25N5O4S2. The van der Waals surface area contributed by atoms with E-state index in [9.17, 15) is 9.59 Å². The molecule has 41 heavy (non-hydrogen) atoms. The number of rotatable bonds is 11. The third-order valence-electron chi connectivity index (χ3n) is 5.60. The van der Waals surface area contributed by atoms with Crippen LogP contribution in [0.4, 0.5) is 22.2 Å². The van der Waals surface area contributed by atoms with Gasteiger partial charge in [0.2, 0.25) is 11.0 Å². The predicted molar refractivity (Wildman–Crippen MR) is 163 cm³/mol. The minimum Gasteiger partial charge on any atom is -0.495 e. The van der Waals surface area contributed by atoms with Gasteiger partial charge in [-0.2, -0.15) is 0 Å². The van der Waals surface area contributed by atoms with Gasteiger partial charge in [-0.25, -0.2) is 0 Å². The van der Waals surface area contributed by atoms with Gasteiger partial charge in [0.05, 0.1) is 18.6 Å². The highest BCUT2D eigenvalue weighted by molar-refractivity contribution is 8.01. The summed E-state index contributed by atoms with van der Waals surface area (Å²) in [7, 11) is 1.55. The zero-order valence-electron chi connectivity index (χ0n) is 21.9. The molecule has 0 radical (unpaired) electrons. The van der Waals surface area contributed by atoms with Crippen LogP contribution < -0.4 is 25.4 Å². The average Bonchev–Trinajstić information content (AvgIpc) is 3.45. The Bertz CT molecular complexity index is 1610. The number of carbonyl (C=O) groups is 2. The van der Waals surface area contributed by atoms with E-state index in [-0.39, 0.29) is 17.6 Å². The molecular weight excluding hydrogens is 558 g/mol. The van der Waals surface area contributed by atoms with Crippen molar-refractivity contribution in [1.82, 2.24) is 10.2 Å². The molecule has 0 bridgehead atoms. The highest BCUT2D eigenvalue weighted by atomic mass is 32.2. The Balaban J connectivity index is 1.07. The fraction of sp³-hybridized carbons (Fsp3) is 0.0667. The quantitative estimate of drug-likeness (QED) is 0.142. The summed E-state index contributed by atoms with van der Waals surface area (Å²) in [6.07, 6.45) is 0. The molecule has 0 fully saturated rings. The van der Waals surface area contributed by atoms with Gasteiger partial charge in [0.15, 0.2) is 4.34 Å². The highest BCUT2D eigenvalue weighted by Gasteiger charge is 2.12. The van der Waals surface area contributed by atoms with Gasteiger partial charge in [-0.3, -0.25) is 9.59 Å². The Hall–Kier alpha value is -4.87. The molecule has 5 aromatic rings. The van der Waals surface area contributed by atoms with Crippen LogP contribution >= 0.6 is 23.1 Å². The Kier molecular flexibility index (Phi) is 9.09. The summed E-state index contributed by atoms with van der Waals surface area (Å²) in [6.45, 7) is 0.